The molecule has 3 heterocycles. The van der Waals surface area contributed by atoms with Gasteiger partial charge >= 0.3 is 5.69 Å². The lowest BCUT2D eigenvalue weighted by Crippen LogP contribution is -2.40. The van der Waals surface area contributed by atoms with E-state index in [0.29, 0.717) is 49.0 Å². The van der Waals surface area contributed by atoms with E-state index in [1.54, 1.807) is 28.8 Å². The number of hydrogen-bond donors (Lipinski definition) is 0. The molecule has 0 aliphatic carbocycles. The summed E-state index contributed by atoms with van der Waals surface area (Å²) >= 11 is 0. The highest BCUT2D eigenvalue weighted by molar-refractivity contribution is 5.87. The summed E-state index contributed by atoms with van der Waals surface area (Å²) in [5, 5.41) is 6.22. The number of hydrogen-bond acceptors (Lipinski definition) is 6. The Kier molecular flexibility index (Phi) is 5.25. The Balaban J connectivity index is 1.84. The minimum Gasteiger partial charge on any atom is -0.380 e. The Bertz CT molecular complexity index is 1240. The second-order valence-corrected chi connectivity index (χ2v) is 7.18. The zero-order valence-electron chi connectivity index (χ0n) is 17.1. The molecular formula is C20H23FN6O3. The van der Waals surface area contributed by atoms with Crippen molar-refractivity contribution in [2.75, 3.05) is 24.8 Å². The maximum Gasteiger partial charge on any atom is 0.332 e. The van der Waals surface area contributed by atoms with Crippen molar-refractivity contribution in [3.63, 3.8) is 0 Å². The first-order valence-electron chi connectivity index (χ1n) is 9.74. The molecular weight excluding hydrogens is 391 g/mol. The van der Waals surface area contributed by atoms with E-state index < -0.39 is 11.2 Å². The Morgan fingerprint density at radius 3 is 2.63 bits per heavy atom. The van der Waals surface area contributed by atoms with Gasteiger partial charge in [-0.15, -0.1) is 0 Å². The summed E-state index contributed by atoms with van der Waals surface area (Å²) in [4.78, 5) is 30.8. The minimum absolute atomic E-state index is 0.0450. The van der Waals surface area contributed by atoms with Gasteiger partial charge in [0.15, 0.2) is 11.2 Å². The van der Waals surface area contributed by atoms with Crippen molar-refractivity contribution in [1.29, 1.82) is 0 Å². The minimum atomic E-state index is -0.481. The van der Waals surface area contributed by atoms with Gasteiger partial charge in [-0.3, -0.25) is 18.5 Å². The van der Waals surface area contributed by atoms with Crippen LogP contribution < -0.4 is 16.3 Å². The standard InChI is InChI=1S/C20H23FN6O3/c1-4-30-10-9-27-19-22-17-16(25(19)11-13(2)23-27)18(28)26(20(29)24(17)3)12-14-5-7-15(21)8-6-14/h5-8H,4,9-12H2,1-3H3. The monoisotopic (exact) mass is 414 g/mol. The van der Waals surface area contributed by atoms with Gasteiger partial charge < -0.3 is 4.74 Å². The second kappa shape index (κ2) is 7.86. The summed E-state index contributed by atoms with van der Waals surface area (Å²) in [6.45, 7) is 5.77. The van der Waals surface area contributed by atoms with Crippen LogP contribution in [0.5, 0.6) is 0 Å². The molecule has 1 aliphatic heterocycles. The number of halogens is 1. The van der Waals surface area contributed by atoms with Gasteiger partial charge in [0, 0.05) is 13.7 Å². The highest BCUT2D eigenvalue weighted by Crippen LogP contribution is 2.23. The lowest BCUT2D eigenvalue weighted by molar-refractivity contribution is 0.153. The average Bonchev–Trinajstić information content (AvgIpc) is 3.11. The van der Waals surface area contributed by atoms with E-state index in [1.165, 1.54) is 16.7 Å². The number of ether oxygens (including phenoxy) is 1. The fraction of sp³-hybridized carbons (Fsp3) is 0.400. The second-order valence-electron chi connectivity index (χ2n) is 7.18. The number of aryl methyl sites for hydroxylation is 1. The SMILES string of the molecule is CCOCCN1N=C(C)Cn2c1nc1c2c(=O)n(Cc2ccc(F)cc2)c(=O)n1C. The predicted octanol–water partition coefficient (Wildman–Crippen LogP) is 1.32. The van der Waals surface area contributed by atoms with Gasteiger partial charge in [0.25, 0.3) is 5.56 Å². The molecule has 0 atom stereocenters. The summed E-state index contributed by atoms with van der Waals surface area (Å²) in [5.74, 6) is 0.128. The van der Waals surface area contributed by atoms with E-state index in [4.69, 9.17) is 4.74 Å². The summed E-state index contributed by atoms with van der Waals surface area (Å²) in [5.41, 5.74) is 1.20. The Morgan fingerprint density at radius 1 is 1.20 bits per heavy atom. The van der Waals surface area contributed by atoms with E-state index in [9.17, 15) is 14.0 Å². The molecule has 0 saturated carbocycles. The van der Waals surface area contributed by atoms with Crippen molar-refractivity contribution >= 4 is 22.8 Å². The number of benzene rings is 1. The fourth-order valence-electron chi connectivity index (χ4n) is 3.58. The number of rotatable bonds is 6. The quantitative estimate of drug-likeness (QED) is 0.568. The number of fused-ring (bicyclic) bond motifs is 3. The van der Waals surface area contributed by atoms with E-state index in [0.717, 1.165) is 10.3 Å². The smallest absolute Gasteiger partial charge is 0.332 e. The van der Waals surface area contributed by atoms with Crippen LogP contribution in [0.1, 0.15) is 19.4 Å². The van der Waals surface area contributed by atoms with Crippen LogP contribution in [-0.2, 0) is 24.9 Å². The van der Waals surface area contributed by atoms with E-state index in [2.05, 4.69) is 10.1 Å². The third-order valence-electron chi connectivity index (χ3n) is 5.03. The molecule has 4 rings (SSSR count). The first-order chi connectivity index (χ1) is 14.4. The van der Waals surface area contributed by atoms with Gasteiger partial charge in [-0.1, -0.05) is 12.1 Å². The maximum absolute atomic E-state index is 13.3. The molecule has 0 unspecified atom stereocenters. The molecule has 0 bridgehead atoms. The number of nitrogens with zero attached hydrogens (tertiary/aromatic N) is 6. The highest BCUT2D eigenvalue weighted by atomic mass is 19.1. The normalized spacial score (nSPS) is 13.6. The van der Waals surface area contributed by atoms with Crippen molar-refractivity contribution in [3.05, 3.63) is 56.5 Å². The van der Waals surface area contributed by atoms with Crippen LogP contribution in [0.25, 0.3) is 11.2 Å². The van der Waals surface area contributed by atoms with Gasteiger partial charge in [-0.25, -0.2) is 14.2 Å². The summed E-state index contributed by atoms with van der Waals surface area (Å²) in [6, 6.07) is 5.73. The first kappa shape index (κ1) is 20.0. The van der Waals surface area contributed by atoms with Crippen molar-refractivity contribution in [2.24, 2.45) is 12.1 Å². The molecule has 30 heavy (non-hydrogen) atoms. The third-order valence-corrected chi connectivity index (χ3v) is 5.03. The molecule has 0 radical (unpaired) electrons. The van der Waals surface area contributed by atoms with Crippen LogP contribution in [0.15, 0.2) is 39.0 Å². The Labute approximate surface area is 171 Å². The van der Waals surface area contributed by atoms with Crippen molar-refractivity contribution in [3.8, 4) is 0 Å². The van der Waals surface area contributed by atoms with Gasteiger partial charge in [0.05, 0.1) is 32.0 Å². The molecule has 1 aromatic carbocycles. The first-order valence-corrected chi connectivity index (χ1v) is 9.74. The Morgan fingerprint density at radius 2 is 1.93 bits per heavy atom. The molecule has 0 saturated heterocycles. The summed E-state index contributed by atoms with van der Waals surface area (Å²) < 4.78 is 22.9. The van der Waals surface area contributed by atoms with E-state index in [-0.39, 0.29) is 12.4 Å². The largest absolute Gasteiger partial charge is 0.380 e. The molecule has 0 N–H and O–H groups in total. The van der Waals surface area contributed by atoms with Gasteiger partial charge in [0.1, 0.15) is 5.82 Å². The van der Waals surface area contributed by atoms with E-state index >= 15 is 0 Å². The number of imidazole rings is 1. The molecule has 9 nitrogen and oxygen atoms in total. The van der Waals surface area contributed by atoms with Gasteiger partial charge in [-0.2, -0.15) is 10.1 Å². The molecule has 0 spiro atoms. The maximum atomic E-state index is 13.3. The van der Waals surface area contributed by atoms with Crippen LogP contribution in [0.2, 0.25) is 0 Å². The van der Waals surface area contributed by atoms with E-state index in [1.807, 2.05) is 13.8 Å². The molecule has 2 aromatic heterocycles. The molecule has 3 aromatic rings. The lowest BCUT2D eigenvalue weighted by atomic mass is 10.2. The zero-order valence-corrected chi connectivity index (χ0v) is 17.1. The third kappa shape index (κ3) is 3.43. The van der Waals surface area contributed by atoms with Crippen LogP contribution >= 0.6 is 0 Å². The fourth-order valence-corrected chi connectivity index (χ4v) is 3.58. The van der Waals surface area contributed by atoms with Crippen molar-refractivity contribution in [2.45, 2.75) is 26.9 Å². The molecule has 1 aliphatic rings. The van der Waals surface area contributed by atoms with Crippen LogP contribution in [-0.4, -0.2) is 44.2 Å². The highest BCUT2D eigenvalue weighted by Gasteiger charge is 2.26. The zero-order chi connectivity index (χ0) is 21.4. The summed E-state index contributed by atoms with van der Waals surface area (Å²) in [7, 11) is 1.59. The van der Waals surface area contributed by atoms with Crippen molar-refractivity contribution < 1.29 is 9.13 Å². The molecule has 0 amide bonds. The van der Waals surface area contributed by atoms with Crippen LogP contribution in [0.3, 0.4) is 0 Å². The van der Waals surface area contributed by atoms with Crippen molar-refractivity contribution in [1.82, 2.24) is 18.7 Å². The number of anilines is 1. The van der Waals surface area contributed by atoms with Crippen LogP contribution in [0, 0.1) is 5.82 Å². The predicted molar refractivity (Wildman–Crippen MR) is 112 cm³/mol. The topological polar surface area (TPSA) is 86.7 Å². The average molecular weight is 414 g/mol. The Hall–Kier alpha value is -3.27. The van der Waals surface area contributed by atoms with Gasteiger partial charge in [0.2, 0.25) is 5.95 Å². The van der Waals surface area contributed by atoms with Crippen LogP contribution in [0.4, 0.5) is 10.3 Å². The number of hydrazone groups is 1. The number of aromatic nitrogens is 4. The summed E-state index contributed by atoms with van der Waals surface area (Å²) in [6.07, 6.45) is 0. The molecule has 0 fully saturated rings. The lowest BCUT2D eigenvalue weighted by Gasteiger charge is -2.24. The molecule has 10 heteroatoms. The van der Waals surface area contributed by atoms with Gasteiger partial charge in [-0.05, 0) is 31.5 Å². The molecule has 158 valence electrons.